The van der Waals surface area contributed by atoms with Gasteiger partial charge < -0.3 is 15.5 Å². The molecule has 1 aromatic carbocycles. The number of nitrogens with one attached hydrogen (secondary N) is 1. The van der Waals surface area contributed by atoms with Crippen LogP contribution in [-0.4, -0.2) is 28.8 Å². The number of rotatable bonds is 7. The van der Waals surface area contributed by atoms with Crippen LogP contribution in [0.4, 0.5) is 0 Å². The molecule has 0 aromatic heterocycles. The predicted octanol–water partition coefficient (Wildman–Crippen LogP) is 2.22. The molecule has 1 rings (SSSR count). The summed E-state index contributed by atoms with van der Waals surface area (Å²) < 4.78 is 0. The molecule has 0 heterocycles. The highest BCUT2D eigenvalue weighted by molar-refractivity contribution is 6.30. The number of halogens is 1. The van der Waals surface area contributed by atoms with E-state index in [1.807, 2.05) is 6.92 Å². The summed E-state index contributed by atoms with van der Waals surface area (Å²) in [5.74, 6) is -0.889. The van der Waals surface area contributed by atoms with Gasteiger partial charge in [-0.25, -0.2) is 0 Å². The van der Waals surface area contributed by atoms with E-state index in [0.717, 1.165) is 6.42 Å². The zero-order valence-electron chi connectivity index (χ0n) is 10.3. The molecule has 0 saturated heterocycles. The van der Waals surface area contributed by atoms with E-state index >= 15 is 0 Å². The second-order valence-corrected chi connectivity index (χ2v) is 4.59. The molecule has 2 unspecified atom stereocenters. The lowest BCUT2D eigenvalue weighted by atomic mass is 10.1. The van der Waals surface area contributed by atoms with Crippen molar-refractivity contribution in [2.24, 2.45) is 0 Å². The second-order valence-electron chi connectivity index (χ2n) is 4.16. The smallest absolute Gasteiger partial charge is 0.320 e. The van der Waals surface area contributed by atoms with Crippen LogP contribution in [0.3, 0.4) is 0 Å². The Morgan fingerprint density at radius 3 is 2.50 bits per heavy atom. The summed E-state index contributed by atoms with van der Waals surface area (Å²) in [5.41, 5.74) is 0.715. The number of carboxylic acids is 1. The molecule has 0 aliphatic rings. The first-order chi connectivity index (χ1) is 8.54. The molecule has 0 aliphatic carbocycles. The fraction of sp³-hybridized carbons (Fsp3) is 0.462. The first kappa shape index (κ1) is 15.0. The largest absolute Gasteiger partial charge is 0.480 e. The van der Waals surface area contributed by atoms with Crippen molar-refractivity contribution in [1.29, 1.82) is 0 Å². The molecule has 0 radical (unpaired) electrons. The van der Waals surface area contributed by atoms with Crippen LogP contribution >= 0.6 is 11.6 Å². The third-order valence-corrected chi connectivity index (χ3v) is 2.94. The van der Waals surface area contributed by atoms with E-state index in [-0.39, 0.29) is 6.54 Å². The average molecular weight is 272 g/mol. The summed E-state index contributed by atoms with van der Waals surface area (Å²) in [6.45, 7) is 2.13. The minimum absolute atomic E-state index is 0.207. The molecule has 0 saturated carbocycles. The van der Waals surface area contributed by atoms with Crippen molar-refractivity contribution >= 4 is 17.6 Å². The van der Waals surface area contributed by atoms with Gasteiger partial charge in [-0.3, -0.25) is 4.79 Å². The van der Waals surface area contributed by atoms with Crippen LogP contribution in [0, 0.1) is 0 Å². The molecule has 1 aromatic rings. The molecule has 3 N–H and O–H groups in total. The Bertz CT molecular complexity index is 380. The lowest BCUT2D eigenvalue weighted by molar-refractivity contribution is -0.139. The molecule has 5 heteroatoms. The lowest BCUT2D eigenvalue weighted by Crippen LogP contribution is -2.38. The highest BCUT2D eigenvalue weighted by Gasteiger charge is 2.17. The quantitative estimate of drug-likeness (QED) is 0.711. The third kappa shape index (κ3) is 4.64. The van der Waals surface area contributed by atoms with Gasteiger partial charge in [0, 0.05) is 11.6 Å². The molecule has 0 spiro atoms. The molecule has 100 valence electrons. The summed E-state index contributed by atoms with van der Waals surface area (Å²) in [5, 5.41) is 22.3. The van der Waals surface area contributed by atoms with Crippen LogP contribution in [0.5, 0.6) is 0 Å². The Balaban J connectivity index is 2.51. The van der Waals surface area contributed by atoms with Crippen LogP contribution < -0.4 is 5.32 Å². The van der Waals surface area contributed by atoms with E-state index in [9.17, 15) is 9.90 Å². The number of aliphatic carboxylic acids is 1. The zero-order chi connectivity index (χ0) is 13.5. The van der Waals surface area contributed by atoms with Crippen LogP contribution in [0.1, 0.15) is 31.4 Å². The first-order valence-corrected chi connectivity index (χ1v) is 6.32. The van der Waals surface area contributed by atoms with Gasteiger partial charge in [-0.15, -0.1) is 0 Å². The highest BCUT2D eigenvalue weighted by Crippen LogP contribution is 2.16. The maximum absolute atomic E-state index is 10.9. The molecule has 2 atom stereocenters. The maximum atomic E-state index is 10.9. The van der Waals surface area contributed by atoms with E-state index in [1.165, 1.54) is 0 Å². The minimum Gasteiger partial charge on any atom is -0.480 e. The van der Waals surface area contributed by atoms with Gasteiger partial charge in [0.2, 0.25) is 0 Å². The normalized spacial score (nSPS) is 14.2. The van der Waals surface area contributed by atoms with Gasteiger partial charge in [-0.05, 0) is 24.1 Å². The highest BCUT2D eigenvalue weighted by atomic mass is 35.5. The maximum Gasteiger partial charge on any atom is 0.320 e. The number of aliphatic hydroxyl groups is 1. The Morgan fingerprint density at radius 2 is 2.00 bits per heavy atom. The summed E-state index contributed by atoms with van der Waals surface area (Å²) in [6, 6.07) is 6.23. The van der Waals surface area contributed by atoms with Gasteiger partial charge in [0.1, 0.15) is 6.04 Å². The second kappa shape index (κ2) is 7.36. The molecular formula is C13H18ClNO3. The van der Waals surface area contributed by atoms with Crippen molar-refractivity contribution in [3.8, 4) is 0 Å². The zero-order valence-corrected chi connectivity index (χ0v) is 11.0. The fourth-order valence-electron chi connectivity index (χ4n) is 1.66. The molecule has 18 heavy (non-hydrogen) atoms. The number of aliphatic hydroxyl groups excluding tert-OH is 1. The van der Waals surface area contributed by atoms with Crippen molar-refractivity contribution in [3.05, 3.63) is 34.9 Å². The summed E-state index contributed by atoms with van der Waals surface area (Å²) >= 11 is 5.75. The van der Waals surface area contributed by atoms with Gasteiger partial charge >= 0.3 is 5.97 Å². The number of carboxylic acid groups (broad SMARTS) is 1. The predicted molar refractivity (Wildman–Crippen MR) is 70.7 cm³/mol. The topological polar surface area (TPSA) is 69.6 Å². The van der Waals surface area contributed by atoms with Crippen molar-refractivity contribution in [3.63, 3.8) is 0 Å². The molecule has 0 aliphatic heterocycles. The number of hydrogen-bond acceptors (Lipinski definition) is 3. The number of hydrogen-bond donors (Lipinski definition) is 3. The number of benzene rings is 1. The fourth-order valence-corrected chi connectivity index (χ4v) is 1.78. The van der Waals surface area contributed by atoms with Crippen LogP contribution in [-0.2, 0) is 4.79 Å². The summed E-state index contributed by atoms with van der Waals surface area (Å²) in [6.07, 6.45) is 0.588. The Kier molecular flexibility index (Phi) is 6.12. The summed E-state index contributed by atoms with van der Waals surface area (Å²) in [7, 11) is 0. The van der Waals surface area contributed by atoms with E-state index in [0.29, 0.717) is 17.0 Å². The van der Waals surface area contributed by atoms with Crippen molar-refractivity contribution in [1.82, 2.24) is 5.32 Å². The van der Waals surface area contributed by atoms with Crippen molar-refractivity contribution in [2.45, 2.75) is 31.9 Å². The molecule has 4 nitrogen and oxygen atoms in total. The van der Waals surface area contributed by atoms with Gasteiger partial charge in [0.25, 0.3) is 0 Å². The van der Waals surface area contributed by atoms with Crippen molar-refractivity contribution in [2.75, 3.05) is 6.54 Å². The van der Waals surface area contributed by atoms with Gasteiger partial charge in [0.05, 0.1) is 6.10 Å². The van der Waals surface area contributed by atoms with E-state index in [2.05, 4.69) is 5.32 Å². The Hall–Kier alpha value is -1.10. The van der Waals surface area contributed by atoms with Gasteiger partial charge in [-0.1, -0.05) is 37.1 Å². The molecule has 0 amide bonds. The van der Waals surface area contributed by atoms with E-state index < -0.39 is 18.1 Å². The Labute approximate surface area is 112 Å². The van der Waals surface area contributed by atoms with Crippen LogP contribution in [0.25, 0.3) is 0 Å². The van der Waals surface area contributed by atoms with Crippen molar-refractivity contribution < 1.29 is 15.0 Å². The molecule has 0 bridgehead atoms. The van der Waals surface area contributed by atoms with Crippen LogP contribution in [0.2, 0.25) is 5.02 Å². The van der Waals surface area contributed by atoms with E-state index in [1.54, 1.807) is 24.3 Å². The first-order valence-electron chi connectivity index (χ1n) is 5.94. The van der Waals surface area contributed by atoms with Gasteiger partial charge in [-0.2, -0.15) is 0 Å². The molecular weight excluding hydrogens is 254 g/mol. The lowest BCUT2D eigenvalue weighted by Gasteiger charge is -2.17. The third-order valence-electron chi connectivity index (χ3n) is 2.69. The Morgan fingerprint density at radius 1 is 1.39 bits per heavy atom. The SMILES string of the molecule is CCCC(NCC(O)c1ccc(Cl)cc1)C(=O)O. The number of carbonyl (C=O) groups is 1. The van der Waals surface area contributed by atoms with Gasteiger partial charge in [0.15, 0.2) is 0 Å². The minimum atomic E-state index is -0.889. The van der Waals surface area contributed by atoms with E-state index in [4.69, 9.17) is 16.7 Å². The monoisotopic (exact) mass is 271 g/mol. The standard InChI is InChI=1S/C13H18ClNO3/c1-2-3-11(13(17)18)15-8-12(16)9-4-6-10(14)7-5-9/h4-7,11-12,15-16H,2-3,8H2,1H3,(H,17,18). The van der Waals surface area contributed by atoms with Crippen LogP contribution in [0.15, 0.2) is 24.3 Å². The summed E-state index contributed by atoms with van der Waals surface area (Å²) in [4.78, 5) is 10.9. The average Bonchev–Trinajstić information content (AvgIpc) is 2.34. The molecule has 0 fully saturated rings.